The first-order chi connectivity index (χ1) is 9.97. The number of aryl methyl sites for hydroxylation is 1. The van der Waals surface area contributed by atoms with E-state index in [0.717, 1.165) is 36.1 Å². The van der Waals surface area contributed by atoms with Gasteiger partial charge in [-0.3, -0.25) is 0 Å². The molecular formula is C14H24N2O2S3. The Morgan fingerprint density at radius 3 is 2.57 bits per heavy atom. The Balaban J connectivity index is 2.10. The van der Waals surface area contributed by atoms with Crippen LogP contribution in [0.3, 0.4) is 0 Å². The molecule has 0 saturated heterocycles. The van der Waals surface area contributed by atoms with Gasteiger partial charge in [0.05, 0.1) is 0 Å². The van der Waals surface area contributed by atoms with E-state index in [9.17, 15) is 8.42 Å². The third-order valence-electron chi connectivity index (χ3n) is 3.92. The molecule has 0 aromatic carbocycles. The molecule has 1 aromatic rings. The first-order valence-electron chi connectivity index (χ1n) is 7.24. The van der Waals surface area contributed by atoms with Gasteiger partial charge < -0.3 is 5.32 Å². The van der Waals surface area contributed by atoms with Crippen molar-refractivity contribution in [2.45, 2.75) is 55.3 Å². The van der Waals surface area contributed by atoms with Gasteiger partial charge in [-0.1, -0.05) is 0 Å². The van der Waals surface area contributed by atoms with Crippen molar-refractivity contribution in [1.82, 2.24) is 10.0 Å². The number of hydrogen-bond donors (Lipinski definition) is 2. The second kappa shape index (κ2) is 7.46. The van der Waals surface area contributed by atoms with Crippen LogP contribution in [0.2, 0.25) is 0 Å². The molecule has 1 saturated carbocycles. The highest BCUT2D eigenvalue weighted by atomic mass is 32.2. The molecule has 21 heavy (non-hydrogen) atoms. The van der Waals surface area contributed by atoms with Crippen LogP contribution in [0.5, 0.6) is 0 Å². The number of hydrogen-bond acceptors (Lipinski definition) is 5. The Labute approximate surface area is 136 Å². The largest absolute Gasteiger partial charge is 0.315 e. The van der Waals surface area contributed by atoms with Gasteiger partial charge in [-0.05, 0) is 56.9 Å². The fraction of sp³-hybridized carbons (Fsp3) is 0.714. The highest BCUT2D eigenvalue weighted by molar-refractivity contribution is 7.99. The minimum absolute atomic E-state index is 0.0835. The average molecular weight is 349 g/mol. The second-order valence-corrected chi connectivity index (χ2v) is 9.29. The summed E-state index contributed by atoms with van der Waals surface area (Å²) in [6.45, 7) is 2.46. The quantitative estimate of drug-likeness (QED) is 0.830. The van der Waals surface area contributed by atoms with E-state index in [0.29, 0.717) is 16.7 Å². The molecule has 1 fully saturated rings. The lowest BCUT2D eigenvalue weighted by Crippen LogP contribution is -2.38. The van der Waals surface area contributed by atoms with Gasteiger partial charge in [-0.15, -0.1) is 11.3 Å². The van der Waals surface area contributed by atoms with Crippen molar-refractivity contribution >= 4 is 33.1 Å². The Morgan fingerprint density at radius 2 is 2.00 bits per heavy atom. The topological polar surface area (TPSA) is 58.2 Å². The Morgan fingerprint density at radius 1 is 1.33 bits per heavy atom. The normalized spacial score (nSPS) is 23.4. The molecule has 120 valence electrons. The standard InChI is InChI=1S/C14H24N2O2S3/c1-10-9-20-13(8-15-2)14(10)21(17,18)16-11-4-6-12(19-3)7-5-11/h9,11-12,15-16H,4-8H2,1-3H3. The molecule has 1 aromatic heterocycles. The number of rotatable bonds is 6. The maximum atomic E-state index is 12.7. The highest BCUT2D eigenvalue weighted by Gasteiger charge is 2.28. The first-order valence-corrected chi connectivity index (χ1v) is 10.9. The van der Waals surface area contributed by atoms with Gasteiger partial charge in [-0.2, -0.15) is 11.8 Å². The molecule has 1 aliphatic rings. The van der Waals surface area contributed by atoms with Crippen LogP contribution in [-0.4, -0.2) is 33.0 Å². The summed E-state index contributed by atoms with van der Waals surface area (Å²) in [7, 11) is -1.57. The van der Waals surface area contributed by atoms with E-state index >= 15 is 0 Å². The second-order valence-electron chi connectivity index (χ2n) is 5.53. The van der Waals surface area contributed by atoms with Crippen LogP contribution in [0.25, 0.3) is 0 Å². The van der Waals surface area contributed by atoms with Crippen molar-refractivity contribution in [2.75, 3.05) is 13.3 Å². The highest BCUT2D eigenvalue weighted by Crippen LogP contribution is 2.30. The molecule has 0 bridgehead atoms. The van der Waals surface area contributed by atoms with Crippen molar-refractivity contribution in [1.29, 1.82) is 0 Å². The molecule has 2 rings (SSSR count). The van der Waals surface area contributed by atoms with Crippen LogP contribution < -0.4 is 10.0 Å². The maximum absolute atomic E-state index is 12.7. The van der Waals surface area contributed by atoms with E-state index < -0.39 is 10.0 Å². The third-order valence-corrected chi connectivity index (χ3v) is 8.05. The van der Waals surface area contributed by atoms with Crippen LogP contribution >= 0.6 is 23.1 Å². The molecule has 0 spiro atoms. The summed E-state index contributed by atoms with van der Waals surface area (Å²) in [5, 5.41) is 5.65. The molecule has 0 amide bonds. The summed E-state index contributed by atoms with van der Waals surface area (Å²) in [6.07, 6.45) is 6.21. The van der Waals surface area contributed by atoms with Gasteiger partial charge in [0.15, 0.2) is 0 Å². The number of thiophene rings is 1. The third kappa shape index (κ3) is 4.22. The van der Waals surface area contributed by atoms with Crippen molar-refractivity contribution in [2.24, 2.45) is 0 Å². The number of sulfonamides is 1. The lowest BCUT2D eigenvalue weighted by Gasteiger charge is -2.28. The molecule has 0 unspecified atom stereocenters. The summed E-state index contributed by atoms with van der Waals surface area (Å²) >= 11 is 3.40. The summed E-state index contributed by atoms with van der Waals surface area (Å²) in [6, 6.07) is 0.0835. The van der Waals surface area contributed by atoms with E-state index in [2.05, 4.69) is 16.3 Å². The van der Waals surface area contributed by atoms with Crippen LogP contribution in [0, 0.1) is 6.92 Å². The Kier molecular flexibility index (Phi) is 6.14. The number of thioether (sulfide) groups is 1. The fourth-order valence-electron chi connectivity index (χ4n) is 2.83. The molecule has 2 N–H and O–H groups in total. The SMILES string of the molecule is CNCc1scc(C)c1S(=O)(=O)NC1CCC(SC)CC1. The van der Waals surface area contributed by atoms with Crippen LogP contribution in [-0.2, 0) is 16.6 Å². The van der Waals surface area contributed by atoms with Gasteiger partial charge in [0, 0.05) is 22.7 Å². The minimum atomic E-state index is -3.41. The van der Waals surface area contributed by atoms with Gasteiger partial charge in [0.1, 0.15) is 4.90 Å². The van der Waals surface area contributed by atoms with E-state index in [1.807, 2.05) is 31.1 Å². The van der Waals surface area contributed by atoms with Crippen molar-refractivity contribution in [3.8, 4) is 0 Å². The fourth-order valence-corrected chi connectivity index (χ4v) is 6.70. The van der Waals surface area contributed by atoms with Crippen molar-refractivity contribution in [3.05, 3.63) is 15.8 Å². The molecule has 4 nitrogen and oxygen atoms in total. The minimum Gasteiger partial charge on any atom is -0.315 e. The summed E-state index contributed by atoms with van der Waals surface area (Å²) < 4.78 is 28.3. The predicted octanol–water partition coefficient (Wildman–Crippen LogP) is 2.73. The van der Waals surface area contributed by atoms with Crippen molar-refractivity contribution in [3.63, 3.8) is 0 Å². The summed E-state index contributed by atoms with van der Waals surface area (Å²) in [4.78, 5) is 1.37. The zero-order valence-corrected chi connectivity index (χ0v) is 15.3. The zero-order chi connectivity index (χ0) is 15.5. The van der Waals surface area contributed by atoms with Gasteiger partial charge in [0.2, 0.25) is 10.0 Å². The average Bonchev–Trinajstić information content (AvgIpc) is 2.81. The van der Waals surface area contributed by atoms with Gasteiger partial charge >= 0.3 is 0 Å². The summed E-state index contributed by atoms with van der Waals surface area (Å²) in [5.41, 5.74) is 0.843. The lowest BCUT2D eigenvalue weighted by atomic mass is 9.96. The lowest BCUT2D eigenvalue weighted by molar-refractivity contribution is 0.420. The van der Waals surface area contributed by atoms with Crippen LogP contribution in [0.4, 0.5) is 0 Å². The van der Waals surface area contributed by atoms with Crippen LogP contribution in [0.15, 0.2) is 10.3 Å². The molecule has 0 atom stereocenters. The predicted molar refractivity (Wildman–Crippen MR) is 91.7 cm³/mol. The number of nitrogens with one attached hydrogen (secondary N) is 2. The maximum Gasteiger partial charge on any atom is 0.242 e. The Hall–Kier alpha value is -0.0800. The van der Waals surface area contributed by atoms with Crippen LogP contribution in [0.1, 0.15) is 36.1 Å². The van der Waals surface area contributed by atoms with E-state index in [-0.39, 0.29) is 6.04 Å². The Bertz CT molecular complexity index is 561. The van der Waals surface area contributed by atoms with Gasteiger partial charge in [0.25, 0.3) is 0 Å². The molecule has 0 radical (unpaired) electrons. The van der Waals surface area contributed by atoms with E-state index in [4.69, 9.17) is 0 Å². The molecule has 7 heteroatoms. The van der Waals surface area contributed by atoms with E-state index in [1.54, 1.807) is 0 Å². The zero-order valence-electron chi connectivity index (χ0n) is 12.8. The summed E-state index contributed by atoms with van der Waals surface area (Å²) in [5.74, 6) is 0. The first kappa shape index (κ1) is 17.3. The molecular weight excluding hydrogens is 324 g/mol. The van der Waals surface area contributed by atoms with E-state index in [1.165, 1.54) is 11.3 Å². The van der Waals surface area contributed by atoms with Gasteiger partial charge in [-0.25, -0.2) is 13.1 Å². The molecule has 1 heterocycles. The molecule has 0 aliphatic heterocycles. The smallest absolute Gasteiger partial charge is 0.242 e. The van der Waals surface area contributed by atoms with Crippen molar-refractivity contribution < 1.29 is 8.42 Å². The monoisotopic (exact) mass is 348 g/mol. The molecule has 1 aliphatic carbocycles.